The number of rotatable bonds is 7. The van der Waals surface area contributed by atoms with Crippen LogP contribution in [0.1, 0.15) is 5.69 Å². The van der Waals surface area contributed by atoms with Crippen molar-refractivity contribution in [3.63, 3.8) is 0 Å². The number of nitrogens with zero attached hydrogens (tertiary/aromatic N) is 3. The Morgan fingerprint density at radius 1 is 0.882 bits per heavy atom. The predicted octanol–water partition coefficient (Wildman–Crippen LogP) is 3.32. The molecule has 0 spiro atoms. The first kappa shape index (κ1) is 23.1. The zero-order chi connectivity index (χ0) is 24.3. The van der Waals surface area contributed by atoms with E-state index in [2.05, 4.69) is 5.32 Å². The van der Waals surface area contributed by atoms with Gasteiger partial charge in [-0.05, 0) is 43.3 Å². The Labute approximate surface area is 197 Å². The fraction of sp³-hybridized carbons (Fsp3) is 0.120. The van der Waals surface area contributed by atoms with E-state index in [1.807, 2.05) is 18.2 Å². The molecule has 0 atom stereocenters. The van der Waals surface area contributed by atoms with Gasteiger partial charge in [0, 0.05) is 7.05 Å². The third-order valence-corrected chi connectivity index (χ3v) is 7.27. The normalized spacial score (nSPS) is 11.2. The maximum absolute atomic E-state index is 13.4. The van der Waals surface area contributed by atoms with Gasteiger partial charge in [0.1, 0.15) is 12.2 Å². The summed E-state index contributed by atoms with van der Waals surface area (Å²) in [5.74, 6) is -0.630. The summed E-state index contributed by atoms with van der Waals surface area (Å²) in [5.41, 5.74) is 1.22. The fourth-order valence-corrected chi connectivity index (χ4v) is 5.09. The SMILES string of the molecule is Cc1c(NC(=O)CN(c2ccccc2)S(=O)(=O)c2ccccc2)c(=O)n(-c2ccccc2)n1C. The average Bonchev–Trinajstić information content (AvgIpc) is 3.07. The van der Waals surface area contributed by atoms with Crippen LogP contribution in [0.25, 0.3) is 5.69 Å². The maximum atomic E-state index is 13.4. The molecule has 34 heavy (non-hydrogen) atoms. The second-order valence-electron chi connectivity index (χ2n) is 7.64. The van der Waals surface area contributed by atoms with E-state index in [-0.39, 0.29) is 10.6 Å². The van der Waals surface area contributed by atoms with E-state index in [4.69, 9.17) is 0 Å². The zero-order valence-electron chi connectivity index (χ0n) is 18.8. The molecular weight excluding hydrogens is 452 g/mol. The number of carbonyl (C=O) groups is 1. The van der Waals surface area contributed by atoms with Gasteiger partial charge in [-0.2, -0.15) is 0 Å². The van der Waals surface area contributed by atoms with Crippen molar-refractivity contribution in [2.45, 2.75) is 11.8 Å². The number of sulfonamides is 1. The molecule has 0 bridgehead atoms. The Bertz CT molecular complexity index is 1460. The monoisotopic (exact) mass is 476 g/mol. The summed E-state index contributed by atoms with van der Waals surface area (Å²) < 4.78 is 30.9. The van der Waals surface area contributed by atoms with E-state index in [1.165, 1.54) is 16.8 Å². The lowest BCUT2D eigenvalue weighted by atomic mass is 10.3. The minimum atomic E-state index is -4.02. The summed E-state index contributed by atoms with van der Waals surface area (Å²) in [7, 11) is -2.31. The van der Waals surface area contributed by atoms with E-state index in [0.717, 1.165) is 4.31 Å². The smallest absolute Gasteiger partial charge is 0.295 e. The van der Waals surface area contributed by atoms with E-state index in [0.29, 0.717) is 17.1 Å². The van der Waals surface area contributed by atoms with Crippen molar-refractivity contribution in [2.24, 2.45) is 7.05 Å². The van der Waals surface area contributed by atoms with Crippen LogP contribution in [0.4, 0.5) is 11.4 Å². The fourth-order valence-electron chi connectivity index (χ4n) is 3.65. The van der Waals surface area contributed by atoms with Crippen LogP contribution in [0.2, 0.25) is 0 Å². The number of benzene rings is 3. The number of carbonyl (C=O) groups excluding carboxylic acids is 1. The third kappa shape index (κ3) is 4.38. The molecule has 1 aromatic heterocycles. The Kier molecular flexibility index (Phi) is 6.38. The minimum absolute atomic E-state index is 0.0639. The molecule has 0 aliphatic heterocycles. The molecule has 0 fully saturated rings. The van der Waals surface area contributed by atoms with E-state index in [9.17, 15) is 18.0 Å². The minimum Gasteiger partial charge on any atom is -0.318 e. The largest absolute Gasteiger partial charge is 0.318 e. The Morgan fingerprint density at radius 2 is 1.41 bits per heavy atom. The van der Waals surface area contributed by atoms with Crippen molar-refractivity contribution in [1.29, 1.82) is 0 Å². The number of amides is 1. The average molecular weight is 477 g/mol. The second kappa shape index (κ2) is 9.40. The first-order chi connectivity index (χ1) is 16.3. The molecule has 4 aromatic rings. The number of nitrogens with one attached hydrogen (secondary N) is 1. The van der Waals surface area contributed by atoms with Crippen LogP contribution >= 0.6 is 0 Å². The lowest BCUT2D eigenvalue weighted by Crippen LogP contribution is -2.38. The first-order valence-electron chi connectivity index (χ1n) is 10.6. The highest BCUT2D eigenvalue weighted by Gasteiger charge is 2.28. The third-order valence-electron chi connectivity index (χ3n) is 5.48. The van der Waals surface area contributed by atoms with Crippen molar-refractivity contribution in [1.82, 2.24) is 9.36 Å². The molecule has 1 amide bonds. The van der Waals surface area contributed by atoms with Crippen LogP contribution in [0.3, 0.4) is 0 Å². The molecule has 0 radical (unpaired) electrons. The van der Waals surface area contributed by atoms with Gasteiger partial charge in [-0.1, -0.05) is 54.6 Å². The van der Waals surface area contributed by atoms with Crippen LogP contribution in [-0.2, 0) is 21.9 Å². The highest BCUT2D eigenvalue weighted by molar-refractivity contribution is 7.92. The molecule has 0 aliphatic rings. The number of anilines is 2. The van der Waals surface area contributed by atoms with Gasteiger partial charge in [0.2, 0.25) is 5.91 Å². The summed E-state index contributed by atoms with van der Waals surface area (Å²) in [6, 6.07) is 25.3. The van der Waals surface area contributed by atoms with Gasteiger partial charge in [0.25, 0.3) is 15.6 Å². The standard InChI is InChI=1S/C25H24N4O4S/c1-19-24(25(31)29(27(19)2)21-14-8-4-9-15-21)26-23(30)18-28(20-12-6-3-7-13-20)34(32,33)22-16-10-5-11-17-22/h3-17H,18H2,1-2H3,(H,26,30). The van der Waals surface area contributed by atoms with Gasteiger partial charge in [-0.25, -0.2) is 13.1 Å². The molecule has 0 saturated carbocycles. The summed E-state index contributed by atoms with van der Waals surface area (Å²) >= 11 is 0. The molecule has 174 valence electrons. The van der Waals surface area contributed by atoms with Gasteiger partial charge in [0.15, 0.2) is 0 Å². The van der Waals surface area contributed by atoms with Crippen LogP contribution in [0.5, 0.6) is 0 Å². The summed E-state index contributed by atoms with van der Waals surface area (Å²) in [6.07, 6.45) is 0. The molecule has 9 heteroatoms. The first-order valence-corrected chi connectivity index (χ1v) is 12.0. The molecule has 4 rings (SSSR count). The molecule has 8 nitrogen and oxygen atoms in total. The lowest BCUT2D eigenvalue weighted by molar-refractivity contribution is -0.114. The lowest BCUT2D eigenvalue weighted by Gasteiger charge is -2.24. The van der Waals surface area contributed by atoms with Gasteiger partial charge in [-0.15, -0.1) is 0 Å². The van der Waals surface area contributed by atoms with Gasteiger partial charge < -0.3 is 5.32 Å². The number of aromatic nitrogens is 2. The highest BCUT2D eigenvalue weighted by Crippen LogP contribution is 2.23. The Morgan fingerprint density at radius 3 is 2.00 bits per heavy atom. The predicted molar refractivity (Wildman–Crippen MR) is 132 cm³/mol. The molecule has 0 saturated heterocycles. The van der Waals surface area contributed by atoms with Crippen LogP contribution in [0, 0.1) is 6.92 Å². The van der Waals surface area contributed by atoms with E-state index in [1.54, 1.807) is 79.3 Å². The van der Waals surface area contributed by atoms with Crippen LogP contribution in [0.15, 0.2) is 101 Å². The molecular formula is C25H24N4O4S. The summed E-state index contributed by atoms with van der Waals surface area (Å²) in [6.45, 7) is 1.21. The summed E-state index contributed by atoms with van der Waals surface area (Å²) in [4.78, 5) is 26.2. The maximum Gasteiger partial charge on any atom is 0.295 e. The molecule has 3 aromatic carbocycles. The van der Waals surface area contributed by atoms with Crippen LogP contribution in [-0.4, -0.2) is 30.2 Å². The Hall–Kier alpha value is -4.11. The van der Waals surface area contributed by atoms with Crippen molar-refractivity contribution in [2.75, 3.05) is 16.2 Å². The molecule has 0 aliphatic carbocycles. The molecule has 1 heterocycles. The van der Waals surface area contributed by atoms with Crippen molar-refractivity contribution >= 4 is 27.3 Å². The number of hydrogen-bond acceptors (Lipinski definition) is 4. The topological polar surface area (TPSA) is 93.4 Å². The van der Waals surface area contributed by atoms with Gasteiger partial charge >= 0.3 is 0 Å². The van der Waals surface area contributed by atoms with Gasteiger partial charge in [-0.3, -0.25) is 18.6 Å². The van der Waals surface area contributed by atoms with E-state index >= 15 is 0 Å². The van der Waals surface area contributed by atoms with Crippen molar-refractivity contribution in [3.05, 3.63) is 107 Å². The number of hydrogen-bond donors (Lipinski definition) is 1. The Balaban J connectivity index is 1.67. The van der Waals surface area contributed by atoms with Crippen molar-refractivity contribution < 1.29 is 13.2 Å². The number of para-hydroxylation sites is 2. The summed E-state index contributed by atoms with van der Waals surface area (Å²) in [5, 5.41) is 2.63. The second-order valence-corrected chi connectivity index (χ2v) is 9.51. The van der Waals surface area contributed by atoms with E-state index < -0.39 is 28.0 Å². The quantitative estimate of drug-likeness (QED) is 0.443. The zero-order valence-corrected chi connectivity index (χ0v) is 19.6. The molecule has 0 unspecified atom stereocenters. The highest BCUT2D eigenvalue weighted by atomic mass is 32.2. The van der Waals surface area contributed by atoms with Crippen molar-refractivity contribution in [3.8, 4) is 5.69 Å². The molecule has 1 N–H and O–H groups in total. The van der Waals surface area contributed by atoms with Gasteiger partial charge in [0.05, 0.1) is 22.0 Å². The van der Waals surface area contributed by atoms with Crippen LogP contribution < -0.4 is 15.2 Å².